The Bertz CT molecular complexity index is 348. The smallest absolute Gasteiger partial charge is 0.238 e. The maximum atomic E-state index is 5.10. The molecular formula is C10H18N4S. The fourth-order valence-corrected chi connectivity index (χ4v) is 2.77. The topological polar surface area (TPSA) is 46.5 Å². The van der Waals surface area contributed by atoms with Gasteiger partial charge in [-0.25, -0.2) is 4.68 Å². The molecular weight excluding hydrogens is 208 g/mol. The molecule has 1 aromatic heterocycles. The molecule has 0 aromatic carbocycles. The largest absolute Gasteiger partial charge is 0.239 e. The van der Waals surface area contributed by atoms with Crippen molar-refractivity contribution in [3.63, 3.8) is 0 Å². The normalized spacial score (nSPS) is 26.7. The predicted octanol–water partition coefficient (Wildman–Crippen LogP) is 2.87. The van der Waals surface area contributed by atoms with Crippen molar-refractivity contribution in [2.24, 2.45) is 5.92 Å². The van der Waals surface area contributed by atoms with E-state index in [0.29, 0.717) is 10.8 Å². The number of nitrogens with one attached hydrogen (secondary N) is 1. The number of hydrogen-bond acceptors (Lipinski definition) is 3. The first kappa shape index (κ1) is 10.8. The summed E-state index contributed by atoms with van der Waals surface area (Å²) in [6, 6.07) is 0.501. The minimum Gasteiger partial charge on any atom is -0.239 e. The lowest BCUT2D eigenvalue weighted by Gasteiger charge is -2.28. The van der Waals surface area contributed by atoms with Gasteiger partial charge in [-0.15, -0.1) is 0 Å². The molecule has 1 aromatic rings. The third kappa shape index (κ3) is 2.45. The Morgan fingerprint density at radius 3 is 2.67 bits per heavy atom. The SMILES string of the molecule is CCCC1CCC(n2[nH]nnc2=S)CC1. The van der Waals surface area contributed by atoms with Crippen molar-refractivity contribution in [1.82, 2.24) is 20.2 Å². The Hall–Kier alpha value is -0.710. The first-order valence-corrected chi connectivity index (χ1v) is 6.21. The molecule has 5 heteroatoms. The highest BCUT2D eigenvalue weighted by Gasteiger charge is 2.22. The number of hydrogen-bond donors (Lipinski definition) is 1. The van der Waals surface area contributed by atoms with Crippen LogP contribution in [0.25, 0.3) is 0 Å². The van der Waals surface area contributed by atoms with E-state index in [1.54, 1.807) is 0 Å². The van der Waals surface area contributed by atoms with Gasteiger partial charge in [0, 0.05) is 0 Å². The second kappa shape index (κ2) is 4.88. The molecule has 1 heterocycles. The molecule has 0 unspecified atom stereocenters. The Morgan fingerprint density at radius 2 is 2.13 bits per heavy atom. The van der Waals surface area contributed by atoms with Crippen LogP contribution in [0, 0.1) is 10.7 Å². The quantitative estimate of drug-likeness (QED) is 0.806. The van der Waals surface area contributed by atoms with Crippen LogP contribution in [0.2, 0.25) is 0 Å². The first-order chi connectivity index (χ1) is 7.31. The molecule has 1 fully saturated rings. The van der Waals surface area contributed by atoms with E-state index in [1.807, 2.05) is 4.68 Å². The van der Waals surface area contributed by atoms with Crippen LogP contribution in [0.4, 0.5) is 0 Å². The van der Waals surface area contributed by atoms with Gasteiger partial charge in [0.15, 0.2) is 0 Å². The summed E-state index contributed by atoms with van der Waals surface area (Å²) in [4.78, 5) is 0. The summed E-state index contributed by atoms with van der Waals surface area (Å²) in [6.45, 7) is 2.26. The molecule has 4 nitrogen and oxygen atoms in total. The zero-order valence-corrected chi connectivity index (χ0v) is 9.96. The predicted molar refractivity (Wildman–Crippen MR) is 61.1 cm³/mol. The fourth-order valence-electron chi connectivity index (χ4n) is 2.54. The Morgan fingerprint density at radius 1 is 1.40 bits per heavy atom. The number of tetrazole rings is 1. The summed E-state index contributed by atoms with van der Waals surface area (Å²) < 4.78 is 2.53. The van der Waals surface area contributed by atoms with Gasteiger partial charge in [0.1, 0.15) is 0 Å². The van der Waals surface area contributed by atoms with E-state index in [4.69, 9.17) is 12.2 Å². The molecule has 0 radical (unpaired) electrons. The van der Waals surface area contributed by atoms with E-state index in [9.17, 15) is 0 Å². The molecule has 1 N–H and O–H groups in total. The minimum atomic E-state index is 0.501. The molecule has 0 spiro atoms. The number of aromatic amines is 1. The summed E-state index contributed by atoms with van der Waals surface area (Å²) in [5.74, 6) is 0.927. The van der Waals surface area contributed by atoms with Gasteiger partial charge in [0.05, 0.1) is 6.04 Å². The lowest BCUT2D eigenvalue weighted by atomic mass is 9.84. The van der Waals surface area contributed by atoms with Crippen LogP contribution in [-0.4, -0.2) is 20.2 Å². The van der Waals surface area contributed by atoms with Gasteiger partial charge < -0.3 is 0 Å². The van der Waals surface area contributed by atoms with Crippen LogP contribution in [0.15, 0.2) is 0 Å². The molecule has 84 valence electrons. The van der Waals surface area contributed by atoms with Crippen LogP contribution >= 0.6 is 12.2 Å². The van der Waals surface area contributed by atoms with Crippen LogP contribution in [0.3, 0.4) is 0 Å². The second-order valence-electron chi connectivity index (χ2n) is 4.42. The maximum Gasteiger partial charge on any atom is 0.238 e. The van der Waals surface area contributed by atoms with E-state index < -0.39 is 0 Å². The van der Waals surface area contributed by atoms with E-state index in [2.05, 4.69) is 22.4 Å². The minimum absolute atomic E-state index is 0.501. The molecule has 15 heavy (non-hydrogen) atoms. The van der Waals surface area contributed by atoms with E-state index >= 15 is 0 Å². The summed E-state index contributed by atoms with van der Waals surface area (Å²) in [5, 5.41) is 10.4. The highest BCUT2D eigenvalue weighted by molar-refractivity contribution is 7.71. The van der Waals surface area contributed by atoms with Crippen LogP contribution in [0.1, 0.15) is 51.5 Å². The van der Waals surface area contributed by atoms with Crippen molar-refractivity contribution in [3.8, 4) is 0 Å². The molecule has 0 amide bonds. The van der Waals surface area contributed by atoms with Crippen molar-refractivity contribution < 1.29 is 0 Å². The van der Waals surface area contributed by atoms with Gasteiger partial charge in [-0.2, -0.15) is 5.21 Å². The highest BCUT2D eigenvalue weighted by atomic mass is 32.1. The number of H-pyrrole nitrogens is 1. The second-order valence-corrected chi connectivity index (χ2v) is 4.78. The third-order valence-electron chi connectivity index (χ3n) is 3.37. The van der Waals surface area contributed by atoms with E-state index in [1.165, 1.54) is 38.5 Å². The summed E-state index contributed by atoms with van der Waals surface area (Å²) in [6.07, 6.45) is 7.74. The molecule has 0 bridgehead atoms. The Balaban J connectivity index is 1.94. The Labute approximate surface area is 95.1 Å². The summed E-state index contributed by atoms with van der Waals surface area (Å²) in [5.41, 5.74) is 0. The van der Waals surface area contributed by atoms with Gasteiger partial charge in [0.2, 0.25) is 4.77 Å². The van der Waals surface area contributed by atoms with Crippen LogP contribution in [-0.2, 0) is 0 Å². The van der Waals surface area contributed by atoms with Gasteiger partial charge in [0.25, 0.3) is 0 Å². The fraction of sp³-hybridized carbons (Fsp3) is 0.900. The average Bonchev–Trinajstić information content (AvgIpc) is 2.66. The van der Waals surface area contributed by atoms with Gasteiger partial charge in [-0.05, 0) is 43.8 Å². The van der Waals surface area contributed by atoms with Crippen molar-refractivity contribution in [2.45, 2.75) is 51.5 Å². The van der Waals surface area contributed by atoms with E-state index in [0.717, 1.165) is 5.92 Å². The highest BCUT2D eigenvalue weighted by Crippen LogP contribution is 2.33. The summed E-state index contributed by atoms with van der Waals surface area (Å²) >= 11 is 5.10. The van der Waals surface area contributed by atoms with Gasteiger partial charge in [-0.1, -0.05) is 30.1 Å². The molecule has 2 rings (SSSR count). The van der Waals surface area contributed by atoms with Crippen molar-refractivity contribution >= 4 is 12.2 Å². The maximum absolute atomic E-state index is 5.10. The van der Waals surface area contributed by atoms with Gasteiger partial charge >= 0.3 is 0 Å². The molecule has 0 atom stereocenters. The van der Waals surface area contributed by atoms with Crippen molar-refractivity contribution in [3.05, 3.63) is 4.77 Å². The molecule has 1 aliphatic carbocycles. The molecule has 1 saturated carbocycles. The van der Waals surface area contributed by atoms with Gasteiger partial charge in [-0.3, -0.25) is 0 Å². The van der Waals surface area contributed by atoms with Crippen molar-refractivity contribution in [1.29, 1.82) is 0 Å². The number of nitrogens with zero attached hydrogens (tertiary/aromatic N) is 3. The molecule has 0 aliphatic heterocycles. The van der Waals surface area contributed by atoms with Crippen molar-refractivity contribution in [2.75, 3.05) is 0 Å². The monoisotopic (exact) mass is 226 g/mol. The van der Waals surface area contributed by atoms with Crippen LogP contribution < -0.4 is 0 Å². The molecule has 1 aliphatic rings. The zero-order chi connectivity index (χ0) is 10.7. The zero-order valence-electron chi connectivity index (χ0n) is 9.15. The number of aromatic nitrogens is 4. The van der Waals surface area contributed by atoms with E-state index in [-0.39, 0.29) is 0 Å². The summed E-state index contributed by atoms with van der Waals surface area (Å²) in [7, 11) is 0. The standard InChI is InChI=1S/C10H18N4S/c1-2-3-8-4-6-9(7-5-8)14-10(15)11-12-13-14/h8-9H,2-7H2,1H3,(H,11,13,15). The third-order valence-corrected chi connectivity index (χ3v) is 3.65. The average molecular weight is 226 g/mol. The molecule has 0 saturated heterocycles. The lowest BCUT2D eigenvalue weighted by Crippen LogP contribution is -2.19. The lowest BCUT2D eigenvalue weighted by molar-refractivity contribution is 0.246. The number of rotatable bonds is 3. The first-order valence-electron chi connectivity index (χ1n) is 5.81. The van der Waals surface area contributed by atoms with Crippen LogP contribution in [0.5, 0.6) is 0 Å². The Kier molecular flexibility index (Phi) is 3.51.